The highest BCUT2D eigenvalue weighted by Crippen LogP contribution is 2.30. The van der Waals surface area contributed by atoms with Gasteiger partial charge in [0.1, 0.15) is 5.75 Å². The summed E-state index contributed by atoms with van der Waals surface area (Å²) in [7, 11) is 4.60. The lowest BCUT2D eigenvalue weighted by Crippen LogP contribution is -2.14. The van der Waals surface area contributed by atoms with Crippen LogP contribution < -0.4 is 24.8 Å². The summed E-state index contributed by atoms with van der Waals surface area (Å²) in [6.45, 7) is 0. The predicted molar refractivity (Wildman–Crippen MR) is 134 cm³/mol. The van der Waals surface area contributed by atoms with E-state index in [0.29, 0.717) is 37.4 Å². The lowest BCUT2D eigenvalue weighted by Gasteiger charge is -2.09. The van der Waals surface area contributed by atoms with Crippen LogP contribution in [-0.4, -0.2) is 49.1 Å². The van der Waals surface area contributed by atoms with Gasteiger partial charge in [-0.25, -0.2) is 0 Å². The number of halogens is 1. The van der Waals surface area contributed by atoms with E-state index >= 15 is 0 Å². The van der Waals surface area contributed by atoms with Crippen LogP contribution in [-0.2, 0) is 9.59 Å². The molecule has 12 heteroatoms. The summed E-state index contributed by atoms with van der Waals surface area (Å²) in [5.74, 6) is 1.14. The van der Waals surface area contributed by atoms with E-state index in [9.17, 15) is 9.59 Å². The third-order valence-electron chi connectivity index (χ3n) is 4.23. The summed E-state index contributed by atoms with van der Waals surface area (Å²) in [5, 5.41) is 14.1. The van der Waals surface area contributed by atoms with E-state index in [2.05, 4.69) is 20.8 Å². The number of amides is 2. The van der Waals surface area contributed by atoms with Crippen molar-refractivity contribution in [3.8, 4) is 17.2 Å². The summed E-state index contributed by atoms with van der Waals surface area (Å²) in [6, 6.07) is 10.3. The van der Waals surface area contributed by atoms with E-state index in [-0.39, 0.29) is 17.6 Å². The minimum absolute atomic E-state index is 0.0947. The van der Waals surface area contributed by atoms with Crippen LogP contribution in [0.2, 0.25) is 5.02 Å². The van der Waals surface area contributed by atoms with E-state index in [0.717, 1.165) is 16.9 Å². The molecule has 0 saturated heterocycles. The number of carbonyl (C=O) groups is 2. The van der Waals surface area contributed by atoms with E-state index in [1.54, 1.807) is 56.7 Å². The fourth-order valence-electron chi connectivity index (χ4n) is 2.69. The van der Waals surface area contributed by atoms with Gasteiger partial charge in [-0.05, 0) is 42.0 Å². The molecule has 0 bridgehead atoms. The molecule has 0 unspecified atom stereocenters. The van der Waals surface area contributed by atoms with Gasteiger partial charge < -0.3 is 19.5 Å². The maximum Gasteiger partial charge on any atom is 0.250 e. The molecule has 2 aromatic carbocycles. The third-order valence-corrected chi connectivity index (χ3v) is 6.44. The Balaban J connectivity index is 1.51. The molecule has 3 aromatic rings. The number of ether oxygens (including phenoxy) is 3. The van der Waals surface area contributed by atoms with Gasteiger partial charge in [-0.3, -0.25) is 14.9 Å². The fraction of sp³-hybridized carbons (Fsp3) is 0.182. The van der Waals surface area contributed by atoms with Gasteiger partial charge in [0.2, 0.25) is 16.9 Å². The Morgan fingerprint density at radius 3 is 2.47 bits per heavy atom. The normalized spacial score (nSPS) is 10.7. The Morgan fingerprint density at radius 2 is 1.74 bits per heavy atom. The highest BCUT2D eigenvalue weighted by molar-refractivity contribution is 8.01. The van der Waals surface area contributed by atoms with Crippen LogP contribution >= 0.6 is 34.7 Å². The molecule has 3 rings (SSSR count). The number of benzene rings is 2. The summed E-state index contributed by atoms with van der Waals surface area (Å²) in [5.41, 5.74) is 1.25. The SMILES string of the molecule is COc1ccc(Cl)cc1NC(=O)CSc1nnc(NC(=O)/C=C/c2ccc(OC)c(OC)c2)s1. The summed E-state index contributed by atoms with van der Waals surface area (Å²) in [4.78, 5) is 24.5. The number of hydrogen-bond acceptors (Lipinski definition) is 9. The number of aromatic nitrogens is 2. The van der Waals surface area contributed by atoms with Gasteiger partial charge in [-0.2, -0.15) is 0 Å². The monoisotopic (exact) mass is 520 g/mol. The van der Waals surface area contributed by atoms with Crippen LogP contribution in [0, 0.1) is 0 Å². The number of nitrogens with zero attached hydrogens (tertiary/aromatic N) is 2. The Labute approximate surface area is 209 Å². The lowest BCUT2D eigenvalue weighted by atomic mass is 10.2. The van der Waals surface area contributed by atoms with E-state index in [1.165, 1.54) is 24.9 Å². The smallest absolute Gasteiger partial charge is 0.250 e. The van der Waals surface area contributed by atoms with Crippen LogP contribution in [0.5, 0.6) is 17.2 Å². The van der Waals surface area contributed by atoms with Crippen LogP contribution in [0.3, 0.4) is 0 Å². The second kappa shape index (κ2) is 12.3. The number of nitrogens with one attached hydrogen (secondary N) is 2. The van der Waals surface area contributed by atoms with Crippen LogP contribution in [0.4, 0.5) is 10.8 Å². The molecule has 0 spiro atoms. The van der Waals surface area contributed by atoms with Gasteiger partial charge in [-0.1, -0.05) is 40.8 Å². The second-order valence-electron chi connectivity index (χ2n) is 6.49. The van der Waals surface area contributed by atoms with Crippen molar-refractivity contribution in [3.05, 3.63) is 53.1 Å². The van der Waals surface area contributed by atoms with Gasteiger partial charge in [0, 0.05) is 11.1 Å². The zero-order valence-electron chi connectivity index (χ0n) is 18.5. The zero-order chi connectivity index (χ0) is 24.5. The summed E-state index contributed by atoms with van der Waals surface area (Å²) >= 11 is 8.34. The van der Waals surface area contributed by atoms with Crippen molar-refractivity contribution in [2.24, 2.45) is 0 Å². The summed E-state index contributed by atoms with van der Waals surface area (Å²) in [6.07, 6.45) is 3.02. The minimum Gasteiger partial charge on any atom is -0.495 e. The van der Waals surface area contributed by atoms with Crippen molar-refractivity contribution in [3.63, 3.8) is 0 Å². The van der Waals surface area contributed by atoms with Crippen molar-refractivity contribution < 1.29 is 23.8 Å². The second-order valence-corrected chi connectivity index (χ2v) is 9.13. The maximum atomic E-state index is 12.3. The van der Waals surface area contributed by atoms with Crippen molar-refractivity contribution in [1.29, 1.82) is 0 Å². The summed E-state index contributed by atoms with van der Waals surface area (Å²) < 4.78 is 16.2. The van der Waals surface area contributed by atoms with Gasteiger partial charge >= 0.3 is 0 Å². The molecule has 9 nitrogen and oxygen atoms in total. The molecule has 2 N–H and O–H groups in total. The molecular weight excluding hydrogens is 500 g/mol. The number of anilines is 2. The average molecular weight is 521 g/mol. The van der Waals surface area contributed by atoms with Crippen molar-refractivity contribution in [2.75, 3.05) is 37.7 Å². The molecule has 0 aliphatic rings. The largest absolute Gasteiger partial charge is 0.495 e. The standard InChI is InChI=1S/C22H21ClN4O5S2/c1-30-16-8-6-14(23)11-15(16)24-20(29)12-33-22-27-26-21(34-22)25-19(28)9-5-13-4-7-17(31-2)18(10-13)32-3/h4-11H,12H2,1-3H3,(H,24,29)(H,25,26,28)/b9-5+. The predicted octanol–water partition coefficient (Wildman–Crippen LogP) is 4.60. The van der Waals surface area contributed by atoms with E-state index in [1.807, 2.05) is 0 Å². The van der Waals surface area contributed by atoms with Crippen molar-refractivity contribution in [1.82, 2.24) is 10.2 Å². The molecular formula is C22H21ClN4O5S2. The molecule has 0 radical (unpaired) electrons. The molecule has 0 saturated carbocycles. The Morgan fingerprint density at radius 1 is 1.00 bits per heavy atom. The Kier molecular flexibility index (Phi) is 9.14. The molecule has 0 fully saturated rings. The fourth-order valence-corrected chi connectivity index (χ4v) is 4.41. The third kappa shape index (κ3) is 7.11. The first-order chi connectivity index (χ1) is 16.4. The van der Waals surface area contributed by atoms with Crippen LogP contribution in [0.15, 0.2) is 46.8 Å². The quantitative estimate of drug-likeness (QED) is 0.226. The molecule has 178 valence electrons. The van der Waals surface area contributed by atoms with E-state index < -0.39 is 0 Å². The average Bonchev–Trinajstić information content (AvgIpc) is 3.28. The first-order valence-corrected chi connectivity index (χ1v) is 11.9. The molecule has 34 heavy (non-hydrogen) atoms. The zero-order valence-corrected chi connectivity index (χ0v) is 20.8. The molecule has 0 atom stereocenters. The van der Waals surface area contributed by atoms with Gasteiger partial charge in [0.15, 0.2) is 15.8 Å². The number of thioether (sulfide) groups is 1. The number of methoxy groups -OCH3 is 3. The molecule has 1 aromatic heterocycles. The first-order valence-electron chi connectivity index (χ1n) is 9.72. The Hall–Kier alpha value is -3.28. The number of carbonyl (C=O) groups excluding carboxylic acids is 2. The molecule has 0 aliphatic heterocycles. The molecule has 0 aliphatic carbocycles. The van der Waals surface area contributed by atoms with E-state index in [4.69, 9.17) is 25.8 Å². The van der Waals surface area contributed by atoms with Crippen LogP contribution in [0.1, 0.15) is 5.56 Å². The van der Waals surface area contributed by atoms with Crippen LogP contribution in [0.25, 0.3) is 6.08 Å². The van der Waals surface area contributed by atoms with Crippen molar-refractivity contribution >= 4 is 63.4 Å². The molecule has 1 heterocycles. The van der Waals surface area contributed by atoms with Gasteiger partial charge in [0.05, 0.1) is 32.8 Å². The number of rotatable bonds is 10. The first kappa shape index (κ1) is 25.3. The van der Waals surface area contributed by atoms with Gasteiger partial charge in [0.25, 0.3) is 0 Å². The van der Waals surface area contributed by atoms with Crippen molar-refractivity contribution in [2.45, 2.75) is 4.34 Å². The Bertz CT molecular complexity index is 1200. The number of hydrogen-bond donors (Lipinski definition) is 2. The highest BCUT2D eigenvalue weighted by atomic mass is 35.5. The highest BCUT2D eigenvalue weighted by Gasteiger charge is 2.12. The molecule has 2 amide bonds. The maximum absolute atomic E-state index is 12.3. The lowest BCUT2D eigenvalue weighted by molar-refractivity contribution is -0.114. The topological polar surface area (TPSA) is 112 Å². The van der Waals surface area contributed by atoms with Gasteiger partial charge in [-0.15, -0.1) is 10.2 Å². The minimum atomic E-state index is -0.367.